The van der Waals surface area contributed by atoms with Crippen molar-refractivity contribution in [3.63, 3.8) is 0 Å². The second kappa shape index (κ2) is 20.8. The fourth-order valence-corrected chi connectivity index (χ4v) is 7.45. The smallest absolute Gasteiger partial charge is 0.499 e. The molecule has 0 unspecified atom stereocenters. The normalized spacial score (nSPS) is 16.9. The molecule has 0 radical (unpaired) electrons. The molecule has 5 nitrogen and oxygen atoms in total. The first-order valence-electron chi connectivity index (χ1n) is 29.8. The first-order chi connectivity index (χ1) is 38.4. The third-order valence-corrected chi connectivity index (χ3v) is 10.4. The molecule has 68 heavy (non-hydrogen) atoms. The Morgan fingerprint density at radius 2 is 1.04 bits per heavy atom. The van der Waals surface area contributed by atoms with Gasteiger partial charge in [-0.05, 0) is 123 Å². The molecule has 4 aromatic heterocycles. The van der Waals surface area contributed by atoms with Gasteiger partial charge in [-0.15, -0.1) is 90.0 Å². The Bertz CT molecular complexity index is 3840. The van der Waals surface area contributed by atoms with Crippen molar-refractivity contribution in [3.8, 4) is 39.8 Å². The Balaban J connectivity index is 0.00000920. The van der Waals surface area contributed by atoms with Crippen LogP contribution in [0.5, 0.6) is 0 Å². The summed E-state index contributed by atoms with van der Waals surface area (Å²) in [6.45, 7) is 9.85. The quantitative estimate of drug-likeness (QED) is 0.101. The van der Waals surface area contributed by atoms with Crippen LogP contribution in [0.1, 0.15) is 114 Å². The Morgan fingerprint density at radius 1 is 0.515 bits per heavy atom. The maximum atomic E-state index is 10.5. The van der Waals surface area contributed by atoms with Crippen LogP contribution in [0, 0.1) is 40.4 Å². The van der Waals surface area contributed by atoms with Crippen molar-refractivity contribution in [1.82, 2.24) is 15.0 Å². The number of furan rings is 1. The van der Waals surface area contributed by atoms with Crippen LogP contribution in [0.15, 0.2) is 144 Å². The molecule has 0 aliphatic rings. The van der Waals surface area contributed by atoms with Gasteiger partial charge in [-0.2, -0.15) is 5.26 Å². The summed E-state index contributed by atoms with van der Waals surface area (Å²) in [5.41, 5.74) is -3.42. The fraction of sp³-hybridized carbons (Fsp3) is 0.258. The van der Waals surface area contributed by atoms with Crippen molar-refractivity contribution in [1.29, 1.82) is 5.26 Å². The molecule has 0 fully saturated rings. The van der Waals surface area contributed by atoms with Crippen molar-refractivity contribution >= 4 is 21.9 Å². The van der Waals surface area contributed by atoms with Gasteiger partial charge in [0, 0.05) is 45.9 Å². The SMILES string of the molecule is [2H]C([2H])(c1cc(-c2[c-]ccc3c2oc2c(C#N)c(C([2H])([2H])C(C)(C)C)ccc23)ncc1C([2H])([2H])C([2H])([2H])c1cc(C([2H])([2H])C([2H])([2H])c2ccc(-c3[c-]cccc3)nc2)cc(C([2H])([2H])C([2H])([2H])c2ccc(-c3[c-]cccc3)nc2)c1)C(C)(C)C.[Ir+3]. The number of aryl methyl sites for hydroxylation is 6. The van der Waals surface area contributed by atoms with Gasteiger partial charge < -0.3 is 19.4 Å². The van der Waals surface area contributed by atoms with Crippen LogP contribution >= 0.6 is 0 Å². The van der Waals surface area contributed by atoms with E-state index in [2.05, 4.69) is 39.2 Å². The zero-order valence-electron chi connectivity index (χ0n) is 54.3. The van der Waals surface area contributed by atoms with Crippen molar-refractivity contribution in [2.24, 2.45) is 10.8 Å². The first-order valence-corrected chi connectivity index (χ1v) is 21.8. The van der Waals surface area contributed by atoms with Gasteiger partial charge in [0.25, 0.3) is 0 Å². The summed E-state index contributed by atoms with van der Waals surface area (Å²) in [5.74, 6) is 0. The summed E-state index contributed by atoms with van der Waals surface area (Å²) in [5, 5.41) is 11.4. The standard InChI is InChI=1S/C62H57N4O.Ir/c1-61(2,3)36-49-28-29-53-52-18-13-19-54(59(52)67-60(53)55(49)38-63)58-35-51(37-62(4,5)6)50(41-66-58)27-24-46-33-44(22-20-42-25-30-56(64-39-42)47-14-9-7-10-15-47)32-45(34-46)23-21-43-26-31-57(65-40-43)48-16-11-8-12-17-48;/h7-14,16,18,25-26,28-35,39-41H,20-24,27,36-37H2,1-6H3;/q-3;+3/i20D2,21D2,22D2,23D2,24D2,27D2,36D2,37D2;. The van der Waals surface area contributed by atoms with Crippen molar-refractivity contribution < 1.29 is 46.5 Å². The summed E-state index contributed by atoms with van der Waals surface area (Å²) < 4.78 is 159. The van der Waals surface area contributed by atoms with Crippen molar-refractivity contribution in [2.45, 2.75) is 92.5 Å². The third-order valence-electron chi connectivity index (χ3n) is 10.4. The van der Waals surface area contributed by atoms with Crippen LogP contribution < -0.4 is 0 Å². The third kappa shape index (κ3) is 11.6. The Hall–Kier alpha value is -6.51. The number of fused-ring (bicyclic) bond motifs is 3. The van der Waals surface area contributed by atoms with E-state index in [-0.39, 0.29) is 70.3 Å². The molecule has 340 valence electrons. The minimum Gasteiger partial charge on any atom is -0.499 e. The van der Waals surface area contributed by atoms with Gasteiger partial charge >= 0.3 is 20.1 Å². The molecule has 0 spiro atoms. The number of benzene rings is 5. The van der Waals surface area contributed by atoms with E-state index in [1.807, 2.05) is 0 Å². The molecule has 0 atom stereocenters. The Kier molecular flexibility index (Phi) is 9.63. The van der Waals surface area contributed by atoms with Crippen LogP contribution in [-0.4, -0.2) is 15.0 Å². The molecule has 5 aromatic carbocycles. The molecule has 4 heterocycles. The van der Waals surface area contributed by atoms with Gasteiger partial charge in [-0.3, -0.25) is 0 Å². The number of aromatic nitrogens is 3. The Morgan fingerprint density at radius 3 is 1.56 bits per heavy atom. The van der Waals surface area contributed by atoms with Gasteiger partial charge in [0.2, 0.25) is 0 Å². The summed E-state index contributed by atoms with van der Waals surface area (Å²) in [4.78, 5) is 13.4. The maximum absolute atomic E-state index is 10.5. The second-order valence-electron chi connectivity index (χ2n) is 18.0. The molecule has 0 amide bonds. The summed E-state index contributed by atoms with van der Waals surface area (Å²) in [6.07, 6.45) is -20.4. The van der Waals surface area contributed by atoms with E-state index in [9.17, 15) is 24.5 Å². The molecule has 0 saturated carbocycles. The Labute approximate surface area is 438 Å². The van der Waals surface area contributed by atoms with E-state index in [0.29, 0.717) is 33.3 Å². The second-order valence-corrected chi connectivity index (χ2v) is 18.0. The largest absolute Gasteiger partial charge is 3.00 e. The predicted octanol–water partition coefficient (Wildman–Crippen LogP) is 14.6. The monoisotopic (exact) mass is 1080 g/mol. The zero-order valence-corrected chi connectivity index (χ0v) is 40.7. The van der Waals surface area contributed by atoms with Crippen LogP contribution in [0.25, 0.3) is 55.7 Å². The van der Waals surface area contributed by atoms with E-state index < -0.39 is 84.1 Å². The molecular formula is C62H57IrN4O. The minimum absolute atomic E-state index is 0. The maximum Gasteiger partial charge on any atom is 3.00 e. The van der Waals surface area contributed by atoms with Gasteiger partial charge in [0.1, 0.15) is 11.7 Å². The van der Waals surface area contributed by atoms with Crippen LogP contribution in [0.2, 0.25) is 0 Å². The van der Waals surface area contributed by atoms with Crippen LogP contribution in [-0.2, 0) is 71.1 Å². The van der Waals surface area contributed by atoms with Gasteiger partial charge in [0.05, 0.1) is 11.1 Å². The topological polar surface area (TPSA) is 75.6 Å². The number of hydrogen-bond acceptors (Lipinski definition) is 5. The molecule has 0 bridgehead atoms. The molecule has 0 aliphatic heterocycles. The van der Waals surface area contributed by atoms with Crippen LogP contribution in [0.3, 0.4) is 0 Å². The fourth-order valence-electron chi connectivity index (χ4n) is 7.45. The predicted molar refractivity (Wildman–Crippen MR) is 273 cm³/mol. The van der Waals surface area contributed by atoms with Crippen molar-refractivity contribution in [2.75, 3.05) is 0 Å². The van der Waals surface area contributed by atoms with E-state index in [0.717, 1.165) is 36.8 Å². The average Bonchev–Trinajstić information content (AvgIpc) is 1.80. The summed E-state index contributed by atoms with van der Waals surface area (Å²) in [6, 6.07) is 41.1. The van der Waals surface area contributed by atoms with Crippen molar-refractivity contribution in [3.05, 3.63) is 208 Å². The molecule has 9 rings (SSSR count). The first kappa shape index (κ1) is 31.5. The minimum atomic E-state index is -3.41. The van der Waals surface area contributed by atoms with E-state index >= 15 is 0 Å². The number of nitriles is 1. The van der Waals surface area contributed by atoms with E-state index in [1.165, 1.54) is 30.3 Å². The molecule has 0 saturated heterocycles. The number of hydrogen-bond donors (Lipinski definition) is 0. The van der Waals surface area contributed by atoms with Gasteiger partial charge in [-0.25, -0.2) is 0 Å². The molecule has 0 N–H and O–H groups in total. The summed E-state index contributed by atoms with van der Waals surface area (Å²) >= 11 is 0. The molecular weight excluding hydrogens is 1010 g/mol. The van der Waals surface area contributed by atoms with Gasteiger partial charge in [0.15, 0.2) is 0 Å². The van der Waals surface area contributed by atoms with E-state index in [1.54, 1.807) is 114 Å². The van der Waals surface area contributed by atoms with Gasteiger partial charge in [-0.1, -0.05) is 113 Å². The van der Waals surface area contributed by atoms with E-state index in [4.69, 9.17) is 7.16 Å². The summed E-state index contributed by atoms with van der Waals surface area (Å²) in [7, 11) is 0. The molecule has 9 aromatic rings. The zero-order chi connectivity index (χ0) is 60.9. The number of nitrogens with zero attached hydrogens (tertiary/aromatic N) is 4. The molecule has 6 heteroatoms. The average molecular weight is 1080 g/mol. The number of pyridine rings is 3. The van der Waals surface area contributed by atoms with Crippen LogP contribution in [0.4, 0.5) is 0 Å². The molecule has 0 aliphatic carbocycles. The number of rotatable bonds is 14.